The number of rotatable bonds is 6. The van der Waals surface area contributed by atoms with Crippen LogP contribution in [0.4, 0.5) is 0 Å². The number of aromatic nitrogens is 3. The van der Waals surface area contributed by atoms with Crippen molar-refractivity contribution < 1.29 is 4.79 Å². The van der Waals surface area contributed by atoms with E-state index in [4.69, 9.17) is 0 Å². The molecule has 0 bridgehead atoms. The van der Waals surface area contributed by atoms with E-state index in [1.165, 1.54) is 29.2 Å². The van der Waals surface area contributed by atoms with Crippen LogP contribution in [0.5, 0.6) is 0 Å². The Morgan fingerprint density at radius 1 is 1.12 bits per heavy atom. The molecule has 0 aliphatic carbocycles. The minimum absolute atomic E-state index is 0.0314. The molecule has 0 aliphatic rings. The van der Waals surface area contributed by atoms with Crippen molar-refractivity contribution in [1.29, 1.82) is 0 Å². The highest BCUT2D eigenvalue weighted by Gasteiger charge is 2.11. The van der Waals surface area contributed by atoms with Crippen molar-refractivity contribution in [2.45, 2.75) is 18.1 Å². The molecule has 0 saturated heterocycles. The molecule has 1 atom stereocenters. The normalized spacial score (nSPS) is 11.9. The van der Waals surface area contributed by atoms with Gasteiger partial charge >= 0.3 is 0 Å². The molecule has 0 unspecified atom stereocenters. The number of hydrogen-bond donors (Lipinski definition) is 2. The molecule has 2 N–H and O–H groups in total. The summed E-state index contributed by atoms with van der Waals surface area (Å²) in [6, 6.07) is 18.4. The summed E-state index contributed by atoms with van der Waals surface area (Å²) in [5.41, 5.74) is 3.43. The Bertz CT molecular complexity index is 773. The van der Waals surface area contributed by atoms with E-state index in [0.29, 0.717) is 10.9 Å². The maximum atomic E-state index is 12.0. The molecule has 5 nitrogen and oxygen atoms in total. The highest BCUT2D eigenvalue weighted by molar-refractivity contribution is 7.99. The van der Waals surface area contributed by atoms with Crippen LogP contribution < -0.4 is 5.32 Å². The third kappa shape index (κ3) is 4.23. The van der Waals surface area contributed by atoms with Gasteiger partial charge in [-0.1, -0.05) is 66.4 Å². The van der Waals surface area contributed by atoms with Crippen molar-refractivity contribution in [1.82, 2.24) is 20.5 Å². The Morgan fingerprint density at radius 2 is 1.83 bits per heavy atom. The third-order valence-electron chi connectivity index (χ3n) is 3.63. The van der Waals surface area contributed by atoms with Gasteiger partial charge in [-0.2, -0.15) is 5.10 Å². The highest BCUT2D eigenvalue weighted by atomic mass is 32.2. The fourth-order valence-corrected chi connectivity index (χ4v) is 2.95. The van der Waals surface area contributed by atoms with E-state index >= 15 is 0 Å². The molecule has 6 heteroatoms. The molecule has 0 radical (unpaired) electrons. The Morgan fingerprint density at radius 3 is 2.50 bits per heavy atom. The van der Waals surface area contributed by atoms with Crippen LogP contribution in [0.25, 0.3) is 11.1 Å². The lowest BCUT2D eigenvalue weighted by molar-refractivity contribution is -0.119. The smallest absolute Gasteiger partial charge is 0.230 e. The fourth-order valence-electron chi connectivity index (χ4n) is 2.36. The molecule has 3 rings (SSSR count). The monoisotopic (exact) mass is 338 g/mol. The zero-order valence-corrected chi connectivity index (χ0v) is 14.1. The van der Waals surface area contributed by atoms with E-state index in [2.05, 4.69) is 56.9 Å². The maximum Gasteiger partial charge on any atom is 0.230 e. The number of H-pyrrole nitrogens is 1. The third-order valence-corrected chi connectivity index (χ3v) is 4.50. The topological polar surface area (TPSA) is 70.7 Å². The number of nitrogens with zero attached hydrogens (tertiary/aromatic N) is 2. The van der Waals surface area contributed by atoms with Gasteiger partial charge in [0.05, 0.1) is 11.8 Å². The highest BCUT2D eigenvalue weighted by Crippen LogP contribution is 2.22. The van der Waals surface area contributed by atoms with Crippen LogP contribution in [-0.2, 0) is 4.79 Å². The van der Waals surface area contributed by atoms with Crippen molar-refractivity contribution in [2.24, 2.45) is 0 Å². The van der Waals surface area contributed by atoms with Gasteiger partial charge in [0.1, 0.15) is 6.33 Å². The minimum Gasteiger partial charge on any atom is -0.349 e. The molecule has 0 aliphatic heterocycles. The zero-order chi connectivity index (χ0) is 16.8. The molecule has 0 spiro atoms. The Labute approximate surface area is 144 Å². The van der Waals surface area contributed by atoms with Gasteiger partial charge in [0.2, 0.25) is 5.91 Å². The SMILES string of the molecule is C[C@H](NC(=O)CSc1ncn[nH]1)c1ccc(-c2ccccc2)cc1. The van der Waals surface area contributed by atoms with Crippen LogP contribution in [-0.4, -0.2) is 26.8 Å². The van der Waals surface area contributed by atoms with Crippen molar-refractivity contribution in [3.8, 4) is 11.1 Å². The number of amides is 1. The van der Waals surface area contributed by atoms with Gasteiger partial charge in [-0.25, -0.2) is 4.98 Å². The van der Waals surface area contributed by atoms with Gasteiger partial charge < -0.3 is 5.32 Å². The van der Waals surface area contributed by atoms with Gasteiger partial charge in [-0.15, -0.1) is 0 Å². The van der Waals surface area contributed by atoms with E-state index < -0.39 is 0 Å². The summed E-state index contributed by atoms with van der Waals surface area (Å²) in [5, 5.41) is 10.1. The second kappa shape index (κ2) is 7.79. The van der Waals surface area contributed by atoms with Crippen LogP contribution in [0, 0.1) is 0 Å². The molecular formula is C18H18N4OS. The first-order valence-electron chi connectivity index (χ1n) is 7.65. The number of carbonyl (C=O) groups is 1. The Balaban J connectivity index is 1.56. The number of nitrogens with one attached hydrogen (secondary N) is 2. The lowest BCUT2D eigenvalue weighted by Gasteiger charge is -2.14. The second-order valence-corrected chi connectivity index (χ2v) is 6.32. The quantitative estimate of drug-likeness (QED) is 0.676. The molecule has 122 valence electrons. The van der Waals surface area contributed by atoms with E-state index in [-0.39, 0.29) is 11.9 Å². The van der Waals surface area contributed by atoms with Crippen LogP contribution in [0.2, 0.25) is 0 Å². The van der Waals surface area contributed by atoms with Gasteiger partial charge in [-0.05, 0) is 23.6 Å². The predicted molar refractivity (Wildman–Crippen MR) is 95.5 cm³/mol. The average Bonchev–Trinajstić information content (AvgIpc) is 3.14. The first-order chi connectivity index (χ1) is 11.7. The van der Waals surface area contributed by atoms with E-state index in [1.54, 1.807) is 0 Å². The molecule has 1 heterocycles. The summed E-state index contributed by atoms with van der Waals surface area (Å²) in [6.07, 6.45) is 1.43. The van der Waals surface area contributed by atoms with E-state index in [9.17, 15) is 4.79 Å². The molecule has 1 amide bonds. The number of aromatic amines is 1. The lowest BCUT2D eigenvalue weighted by Crippen LogP contribution is -2.28. The van der Waals surface area contributed by atoms with Crippen molar-refractivity contribution >= 4 is 17.7 Å². The Kier molecular flexibility index (Phi) is 5.28. The minimum atomic E-state index is -0.0438. The van der Waals surface area contributed by atoms with Gasteiger partial charge in [0, 0.05) is 0 Å². The first-order valence-corrected chi connectivity index (χ1v) is 8.64. The number of benzene rings is 2. The Hall–Kier alpha value is -2.60. The van der Waals surface area contributed by atoms with Gasteiger partial charge in [-0.3, -0.25) is 9.89 Å². The van der Waals surface area contributed by atoms with Crippen molar-refractivity contribution in [3.05, 3.63) is 66.5 Å². The summed E-state index contributed by atoms with van der Waals surface area (Å²) in [5.74, 6) is 0.276. The van der Waals surface area contributed by atoms with Crippen LogP contribution in [0.1, 0.15) is 18.5 Å². The molecule has 0 fully saturated rings. The van der Waals surface area contributed by atoms with Crippen LogP contribution in [0.15, 0.2) is 66.1 Å². The molecule has 0 saturated carbocycles. The number of hydrogen-bond acceptors (Lipinski definition) is 4. The predicted octanol–water partition coefficient (Wildman–Crippen LogP) is 3.44. The molecule has 24 heavy (non-hydrogen) atoms. The largest absolute Gasteiger partial charge is 0.349 e. The summed E-state index contributed by atoms with van der Waals surface area (Å²) in [7, 11) is 0. The molecule has 3 aromatic rings. The molecule has 1 aromatic heterocycles. The summed E-state index contributed by atoms with van der Waals surface area (Å²) in [4.78, 5) is 16.0. The fraction of sp³-hybridized carbons (Fsp3) is 0.167. The first kappa shape index (κ1) is 16.3. The second-order valence-electron chi connectivity index (χ2n) is 5.36. The van der Waals surface area contributed by atoms with Gasteiger partial charge in [0.25, 0.3) is 0 Å². The summed E-state index contributed by atoms with van der Waals surface area (Å²) in [6.45, 7) is 1.98. The number of thioether (sulfide) groups is 1. The van der Waals surface area contributed by atoms with E-state index in [1.807, 2.05) is 25.1 Å². The average molecular weight is 338 g/mol. The zero-order valence-electron chi connectivity index (χ0n) is 13.3. The standard InChI is InChI=1S/C18H18N4OS/c1-13(21-17(23)11-24-18-19-12-20-22-18)14-7-9-16(10-8-14)15-5-3-2-4-6-15/h2-10,12-13H,11H2,1H3,(H,21,23)(H,19,20,22)/t13-/m0/s1. The van der Waals surface area contributed by atoms with Gasteiger partial charge in [0.15, 0.2) is 5.16 Å². The lowest BCUT2D eigenvalue weighted by atomic mass is 10.0. The molecular weight excluding hydrogens is 320 g/mol. The number of carbonyl (C=O) groups excluding carboxylic acids is 1. The summed E-state index contributed by atoms with van der Waals surface area (Å²) < 4.78 is 0. The van der Waals surface area contributed by atoms with Crippen molar-refractivity contribution in [2.75, 3.05) is 5.75 Å². The molecule has 2 aromatic carbocycles. The van der Waals surface area contributed by atoms with Crippen LogP contribution >= 0.6 is 11.8 Å². The maximum absolute atomic E-state index is 12.0. The van der Waals surface area contributed by atoms with Crippen molar-refractivity contribution in [3.63, 3.8) is 0 Å². The van der Waals surface area contributed by atoms with Crippen LogP contribution in [0.3, 0.4) is 0 Å². The van der Waals surface area contributed by atoms with E-state index in [0.717, 1.165) is 5.56 Å². The summed E-state index contributed by atoms with van der Waals surface area (Å²) >= 11 is 1.33.